The summed E-state index contributed by atoms with van der Waals surface area (Å²) in [7, 11) is 0. The molecule has 0 heterocycles. The number of aliphatic hydroxyl groups is 1. The van der Waals surface area contributed by atoms with Gasteiger partial charge in [-0.1, -0.05) is 23.2 Å². The van der Waals surface area contributed by atoms with Crippen molar-refractivity contribution in [3.8, 4) is 5.75 Å². The summed E-state index contributed by atoms with van der Waals surface area (Å²) in [6.07, 6.45) is 0. The first-order valence-corrected chi connectivity index (χ1v) is 4.78. The number of carbonyl (C=O) groups is 1. The molecule has 15 heavy (non-hydrogen) atoms. The molecule has 0 spiro atoms. The highest BCUT2D eigenvalue weighted by Gasteiger charge is 2.16. The minimum absolute atomic E-state index is 0.0163. The fourth-order valence-corrected chi connectivity index (χ4v) is 1.56. The van der Waals surface area contributed by atoms with E-state index in [1.807, 2.05) is 0 Å². The topological polar surface area (TPSA) is 66.8 Å². The molecule has 0 aliphatic heterocycles. The Kier molecular flexibility index (Phi) is 4.20. The van der Waals surface area contributed by atoms with Crippen LogP contribution in [0.5, 0.6) is 5.75 Å². The van der Waals surface area contributed by atoms with E-state index in [9.17, 15) is 4.79 Å². The maximum Gasteiger partial charge on any atom is 0.339 e. The molecule has 0 saturated carbocycles. The summed E-state index contributed by atoms with van der Waals surface area (Å²) in [6.45, 7) is -0.250. The van der Waals surface area contributed by atoms with Crippen LogP contribution in [-0.4, -0.2) is 29.4 Å². The molecule has 1 aromatic rings. The average molecular weight is 251 g/mol. The number of carboxylic acid groups (broad SMARTS) is 1. The van der Waals surface area contributed by atoms with Crippen LogP contribution in [0, 0.1) is 0 Å². The van der Waals surface area contributed by atoms with Crippen LogP contribution in [0.15, 0.2) is 12.1 Å². The Labute approximate surface area is 96.0 Å². The van der Waals surface area contributed by atoms with Crippen LogP contribution in [0.1, 0.15) is 10.4 Å². The van der Waals surface area contributed by atoms with E-state index in [1.165, 1.54) is 12.1 Å². The quantitative estimate of drug-likeness (QED) is 0.859. The zero-order valence-corrected chi connectivity index (χ0v) is 9.05. The van der Waals surface area contributed by atoms with E-state index in [0.29, 0.717) is 0 Å². The number of hydrogen-bond acceptors (Lipinski definition) is 3. The molecule has 0 aliphatic rings. The molecule has 0 amide bonds. The first-order chi connectivity index (χ1) is 7.06. The Bertz CT molecular complexity index is 379. The van der Waals surface area contributed by atoms with Crippen LogP contribution in [0.4, 0.5) is 0 Å². The van der Waals surface area contributed by atoms with Gasteiger partial charge < -0.3 is 14.9 Å². The molecule has 0 bridgehead atoms. The third kappa shape index (κ3) is 2.99. The minimum Gasteiger partial charge on any atom is -0.489 e. The van der Waals surface area contributed by atoms with Gasteiger partial charge in [-0.25, -0.2) is 4.79 Å². The molecule has 1 rings (SSSR count). The summed E-state index contributed by atoms with van der Waals surface area (Å²) in [4.78, 5) is 10.8. The summed E-state index contributed by atoms with van der Waals surface area (Å²) in [5, 5.41) is 17.7. The van der Waals surface area contributed by atoms with Crippen molar-refractivity contribution in [1.29, 1.82) is 0 Å². The van der Waals surface area contributed by atoms with Gasteiger partial charge in [0, 0.05) is 5.02 Å². The molecule has 0 saturated heterocycles. The Hall–Kier alpha value is -0.970. The fourth-order valence-electron chi connectivity index (χ4n) is 1.01. The van der Waals surface area contributed by atoms with E-state index in [-0.39, 0.29) is 34.6 Å². The van der Waals surface area contributed by atoms with Crippen LogP contribution in [0.25, 0.3) is 0 Å². The Morgan fingerprint density at radius 2 is 2.07 bits per heavy atom. The number of hydrogen-bond donors (Lipinski definition) is 2. The highest BCUT2D eigenvalue weighted by Crippen LogP contribution is 2.32. The normalized spacial score (nSPS) is 10.1. The second-order valence-electron chi connectivity index (χ2n) is 2.64. The number of aliphatic hydroxyl groups excluding tert-OH is 1. The van der Waals surface area contributed by atoms with E-state index < -0.39 is 5.97 Å². The third-order valence-electron chi connectivity index (χ3n) is 1.58. The zero-order valence-electron chi connectivity index (χ0n) is 7.54. The van der Waals surface area contributed by atoms with Crippen LogP contribution >= 0.6 is 23.2 Å². The minimum atomic E-state index is -1.19. The van der Waals surface area contributed by atoms with E-state index in [2.05, 4.69) is 0 Å². The van der Waals surface area contributed by atoms with E-state index in [0.717, 1.165) is 0 Å². The predicted molar refractivity (Wildman–Crippen MR) is 56.0 cm³/mol. The first-order valence-electron chi connectivity index (χ1n) is 4.02. The monoisotopic (exact) mass is 250 g/mol. The fraction of sp³-hybridized carbons (Fsp3) is 0.222. The highest BCUT2D eigenvalue weighted by molar-refractivity contribution is 6.36. The predicted octanol–water partition coefficient (Wildman–Crippen LogP) is 2.06. The second kappa shape index (κ2) is 5.21. The molecular formula is C9H8Cl2O4. The summed E-state index contributed by atoms with van der Waals surface area (Å²) in [6, 6.07) is 2.62. The van der Waals surface area contributed by atoms with Gasteiger partial charge in [0.2, 0.25) is 0 Å². The zero-order chi connectivity index (χ0) is 11.4. The molecule has 82 valence electrons. The van der Waals surface area contributed by atoms with Crippen molar-refractivity contribution in [3.63, 3.8) is 0 Å². The Balaban J connectivity index is 3.15. The van der Waals surface area contributed by atoms with Crippen molar-refractivity contribution in [2.75, 3.05) is 13.2 Å². The maximum absolute atomic E-state index is 10.8. The molecule has 1 aromatic carbocycles. The molecule has 0 unspecified atom stereocenters. The van der Waals surface area contributed by atoms with Crippen molar-refractivity contribution in [2.45, 2.75) is 0 Å². The van der Waals surface area contributed by atoms with Gasteiger partial charge in [0.25, 0.3) is 0 Å². The number of carboxylic acids is 1. The number of benzene rings is 1. The smallest absolute Gasteiger partial charge is 0.339 e. The third-order valence-corrected chi connectivity index (χ3v) is 2.08. The van der Waals surface area contributed by atoms with Gasteiger partial charge in [0.15, 0.2) is 5.75 Å². The molecule has 0 radical (unpaired) electrons. The van der Waals surface area contributed by atoms with Crippen LogP contribution < -0.4 is 4.74 Å². The van der Waals surface area contributed by atoms with Gasteiger partial charge in [-0.15, -0.1) is 0 Å². The SMILES string of the molecule is O=C(O)c1cc(Cl)cc(Cl)c1OCCO. The lowest BCUT2D eigenvalue weighted by Crippen LogP contribution is -2.07. The summed E-state index contributed by atoms with van der Waals surface area (Å²) in [5.41, 5.74) is -0.124. The summed E-state index contributed by atoms with van der Waals surface area (Å²) < 4.78 is 5.01. The van der Waals surface area contributed by atoms with Gasteiger partial charge in [0.1, 0.15) is 12.2 Å². The van der Waals surface area contributed by atoms with E-state index in [4.69, 9.17) is 38.2 Å². The van der Waals surface area contributed by atoms with Gasteiger partial charge >= 0.3 is 5.97 Å². The number of halogens is 2. The van der Waals surface area contributed by atoms with Gasteiger partial charge in [-0.05, 0) is 12.1 Å². The van der Waals surface area contributed by atoms with Crippen molar-refractivity contribution >= 4 is 29.2 Å². The molecule has 0 aromatic heterocycles. The van der Waals surface area contributed by atoms with Gasteiger partial charge in [-0.3, -0.25) is 0 Å². The van der Waals surface area contributed by atoms with Crippen molar-refractivity contribution in [1.82, 2.24) is 0 Å². The molecule has 4 nitrogen and oxygen atoms in total. The van der Waals surface area contributed by atoms with Crippen molar-refractivity contribution < 1.29 is 19.7 Å². The molecule has 0 atom stereocenters. The maximum atomic E-state index is 10.8. The molecule has 2 N–H and O–H groups in total. The largest absolute Gasteiger partial charge is 0.489 e. The lowest BCUT2D eigenvalue weighted by atomic mass is 10.2. The Morgan fingerprint density at radius 3 is 2.60 bits per heavy atom. The Morgan fingerprint density at radius 1 is 1.40 bits per heavy atom. The van der Waals surface area contributed by atoms with Crippen molar-refractivity contribution in [3.05, 3.63) is 27.7 Å². The standard InChI is InChI=1S/C9H8Cl2O4/c10-5-3-6(9(13)14)8(7(11)4-5)15-2-1-12/h3-4,12H,1-2H2,(H,13,14). The van der Waals surface area contributed by atoms with Gasteiger partial charge in [0.05, 0.1) is 11.6 Å². The van der Waals surface area contributed by atoms with Crippen LogP contribution in [0.2, 0.25) is 10.0 Å². The molecule has 0 fully saturated rings. The van der Waals surface area contributed by atoms with E-state index >= 15 is 0 Å². The average Bonchev–Trinajstić information content (AvgIpc) is 2.15. The molecular weight excluding hydrogens is 243 g/mol. The number of ether oxygens (including phenoxy) is 1. The first kappa shape index (κ1) is 12.1. The lowest BCUT2D eigenvalue weighted by Gasteiger charge is -2.10. The van der Waals surface area contributed by atoms with Gasteiger partial charge in [-0.2, -0.15) is 0 Å². The second-order valence-corrected chi connectivity index (χ2v) is 3.49. The number of rotatable bonds is 4. The van der Waals surface area contributed by atoms with Crippen LogP contribution in [-0.2, 0) is 0 Å². The molecule has 6 heteroatoms. The lowest BCUT2D eigenvalue weighted by molar-refractivity contribution is 0.0691. The highest BCUT2D eigenvalue weighted by atomic mass is 35.5. The summed E-state index contributed by atoms with van der Waals surface area (Å²) >= 11 is 11.4. The van der Waals surface area contributed by atoms with E-state index in [1.54, 1.807) is 0 Å². The summed E-state index contributed by atoms with van der Waals surface area (Å²) in [5.74, 6) is -1.17. The van der Waals surface area contributed by atoms with Crippen molar-refractivity contribution in [2.24, 2.45) is 0 Å². The van der Waals surface area contributed by atoms with Crippen LogP contribution in [0.3, 0.4) is 0 Å². The number of aromatic carboxylic acids is 1. The molecule has 0 aliphatic carbocycles.